The normalized spacial score (nSPS) is 9.31. The standard InChI is InChI=1S/C10H12O3/c1-3-6-13-10-7-8(11)4-5-9(10)12-2/h3-5,7,11H,1,6H2,2H3. The summed E-state index contributed by atoms with van der Waals surface area (Å²) in [5.41, 5.74) is 0. The van der Waals surface area contributed by atoms with E-state index >= 15 is 0 Å². The van der Waals surface area contributed by atoms with Gasteiger partial charge in [0, 0.05) is 6.07 Å². The predicted octanol–water partition coefficient (Wildman–Crippen LogP) is 1.97. The van der Waals surface area contributed by atoms with Crippen molar-refractivity contribution in [2.24, 2.45) is 0 Å². The van der Waals surface area contributed by atoms with Crippen LogP contribution < -0.4 is 9.47 Å². The Labute approximate surface area is 77.2 Å². The van der Waals surface area contributed by atoms with Gasteiger partial charge in [-0.1, -0.05) is 12.7 Å². The Morgan fingerprint density at radius 2 is 2.23 bits per heavy atom. The van der Waals surface area contributed by atoms with Crippen LogP contribution >= 0.6 is 0 Å². The number of phenols is 1. The van der Waals surface area contributed by atoms with E-state index in [0.29, 0.717) is 18.1 Å². The minimum Gasteiger partial charge on any atom is -0.508 e. The van der Waals surface area contributed by atoms with Gasteiger partial charge in [0.25, 0.3) is 0 Å². The summed E-state index contributed by atoms with van der Waals surface area (Å²) in [7, 11) is 1.55. The van der Waals surface area contributed by atoms with Crippen LogP contribution in [0.5, 0.6) is 17.2 Å². The highest BCUT2D eigenvalue weighted by molar-refractivity contribution is 5.44. The van der Waals surface area contributed by atoms with Crippen molar-refractivity contribution in [1.29, 1.82) is 0 Å². The lowest BCUT2D eigenvalue weighted by Crippen LogP contribution is -1.95. The Bertz CT molecular complexity index is 294. The molecule has 3 heteroatoms. The van der Waals surface area contributed by atoms with Crippen LogP contribution in [0.15, 0.2) is 30.9 Å². The van der Waals surface area contributed by atoms with Gasteiger partial charge in [-0.2, -0.15) is 0 Å². The Morgan fingerprint density at radius 3 is 2.85 bits per heavy atom. The average molecular weight is 180 g/mol. The van der Waals surface area contributed by atoms with E-state index in [0.717, 1.165) is 0 Å². The molecule has 0 aliphatic heterocycles. The lowest BCUT2D eigenvalue weighted by molar-refractivity contribution is 0.324. The molecule has 13 heavy (non-hydrogen) atoms. The Balaban J connectivity index is 2.87. The molecule has 0 saturated carbocycles. The maximum absolute atomic E-state index is 9.17. The molecular weight excluding hydrogens is 168 g/mol. The van der Waals surface area contributed by atoms with Crippen LogP contribution in [-0.4, -0.2) is 18.8 Å². The van der Waals surface area contributed by atoms with Crippen LogP contribution in [0.1, 0.15) is 0 Å². The molecule has 0 spiro atoms. The summed E-state index contributed by atoms with van der Waals surface area (Å²) in [5, 5.41) is 9.17. The first-order valence-electron chi connectivity index (χ1n) is 3.88. The van der Waals surface area contributed by atoms with Crippen molar-refractivity contribution >= 4 is 0 Å². The van der Waals surface area contributed by atoms with Crippen LogP contribution in [0.25, 0.3) is 0 Å². The number of methoxy groups -OCH3 is 1. The molecule has 0 saturated heterocycles. The summed E-state index contributed by atoms with van der Waals surface area (Å²) in [6, 6.07) is 4.69. The van der Waals surface area contributed by atoms with Crippen LogP contribution in [0.3, 0.4) is 0 Å². The molecule has 70 valence electrons. The van der Waals surface area contributed by atoms with Crippen molar-refractivity contribution in [3.63, 3.8) is 0 Å². The summed E-state index contributed by atoms with van der Waals surface area (Å²) < 4.78 is 10.3. The second-order valence-corrected chi connectivity index (χ2v) is 2.43. The van der Waals surface area contributed by atoms with Gasteiger partial charge in [0.1, 0.15) is 12.4 Å². The fourth-order valence-corrected chi connectivity index (χ4v) is 0.927. The topological polar surface area (TPSA) is 38.7 Å². The van der Waals surface area contributed by atoms with Crippen molar-refractivity contribution in [2.45, 2.75) is 0 Å². The fourth-order valence-electron chi connectivity index (χ4n) is 0.927. The van der Waals surface area contributed by atoms with Gasteiger partial charge in [-0.15, -0.1) is 0 Å². The smallest absolute Gasteiger partial charge is 0.165 e. The molecule has 1 aromatic carbocycles. The highest BCUT2D eigenvalue weighted by Crippen LogP contribution is 2.30. The Hall–Kier alpha value is -1.64. The minimum atomic E-state index is 0.153. The first-order chi connectivity index (χ1) is 6.27. The summed E-state index contributed by atoms with van der Waals surface area (Å²) in [5.74, 6) is 1.27. The third-order valence-electron chi connectivity index (χ3n) is 1.50. The molecule has 1 N–H and O–H groups in total. The van der Waals surface area contributed by atoms with Crippen LogP contribution in [0.4, 0.5) is 0 Å². The van der Waals surface area contributed by atoms with Crippen LogP contribution in [-0.2, 0) is 0 Å². The summed E-state index contributed by atoms with van der Waals surface area (Å²) in [6.07, 6.45) is 1.63. The van der Waals surface area contributed by atoms with Gasteiger partial charge in [-0.25, -0.2) is 0 Å². The monoisotopic (exact) mass is 180 g/mol. The zero-order valence-corrected chi connectivity index (χ0v) is 7.49. The second-order valence-electron chi connectivity index (χ2n) is 2.43. The lowest BCUT2D eigenvalue weighted by atomic mass is 10.3. The minimum absolute atomic E-state index is 0.153. The van der Waals surface area contributed by atoms with Gasteiger partial charge < -0.3 is 14.6 Å². The summed E-state index contributed by atoms with van der Waals surface area (Å²) in [4.78, 5) is 0. The molecule has 0 aliphatic rings. The second kappa shape index (κ2) is 4.40. The molecule has 0 amide bonds. The maximum Gasteiger partial charge on any atom is 0.165 e. The van der Waals surface area contributed by atoms with Gasteiger partial charge in [0.05, 0.1) is 7.11 Å². The number of aromatic hydroxyl groups is 1. The molecule has 0 radical (unpaired) electrons. The molecule has 0 fully saturated rings. The van der Waals surface area contributed by atoms with E-state index in [-0.39, 0.29) is 5.75 Å². The number of benzene rings is 1. The Kier molecular flexibility index (Phi) is 3.20. The van der Waals surface area contributed by atoms with Crippen LogP contribution in [0, 0.1) is 0 Å². The zero-order valence-electron chi connectivity index (χ0n) is 7.49. The maximum atomic E-state index is 9.17. The SMILES string of the molecule is C=CCOc1cc(O)ccc1OC. The van der Waals surface area contributed by atoms with Crippen molar-refractivity contribution in [2.75, 3.05) is 13.7 Å². The third-order valence-corrected chi connectivity index (χ3v) is 1.50. The van der Waals surface area contributed by atoms with E-state index < -0.39 is 0 Å². The quantitative estimate of drug-likeness (QED) is 0.720. The van der Waals surface area contributed by atoms with Gasteiger partial charge >= 0.3 is 0 Å². The number of rotatable bonds is 4. The van der Waals surface area contributed by atoms with Gasteiger partial charge in [-0.3, -0.25) is 0 Å². The number of ether oxygens (including phenoxy) is 2. The predicted molar refractivity (Wildman–Crippen MR) is 50.4 cm³/mol. The number of hydrogen-bond acceptors (Lipinski definition) is 3. The third kappa shape index (κ3) is 2.40. The average Bonchev–Trinajstić information content (AvgIpc) is 2.15. The summed E-state index contributed by atoms with van der Waals surface area (Å²) in [6.45, 7) is 3.91. The molecule has 0 aromatic heterocycles. The van der Waals surface area contributed by atoms with Gasteiger partial charge in [0.2, 0.25) is 0 Å². The highest BCUT2D eigenvalue weighted by atomic mass is 16.5. The van der Waals surface area contributed by atoms with E-state index in [4.69, 9.17) is 9.47 Å². The van der Waals surface area contributed by atoms with Gasteiger partial charge in [0.15, 0.2) is 11.5 Å². The van der Waals surface area contributed by atoms with Crippen molar-refractivity contribution in [1.82, 2.24) is 0 Å². The lowest BCUT2D eigenvalue weighted by Gasteiger charge is -2.08. The molecule has 3 nitrogen and oxygen atoms in total. The van der Waals surface area contributed by atoms with E-state index in [1.807, 2.05) is 0 Å². The molecule has 0 atom stereocenters. The molecule has 1 rings (SSSR count). The molecule has 1 aromatic rings. The van der Waals surface area contributed by atoms with E-state index in [1.165, 1.54) is 6.07 Å². The molecule has 0 bridgehead atoms. The molecule has 0 unspecified atom stereocenters. The first kappa shape index (κ1) is 9.45. The van der Waals surface area contributed by atoms with Crippen molar-refractivity contribution < 1.29 is 14.6 Å². The van der Waals surface area contributed by atoms with E-state index in [2.05, 4.69) is 6.58 Å². The highest BCUT2D eigenvalue weighted by Gasteiger charge is 2.03. The van der Waals surface area contributed by atoms with E-state index in [1.54, 1.807) is 25.3 Å². The van der Waals surface area contributed by atoms with Gasteiger partial charge in [-0.05, 0) is 12.1 Å². The summed E-state index contributed by atoms with van der Waals surface area (Å²) >= 11 is 0. The molecule has 0 heterocycles. The number of hydrogen-bond donors (Lipinski definition) is 1. The largest absolute Gasteiger partial charge is 0.508 e. The van der Waals surface area contributed by atoms with Crippen molar-refractivity contribution in [3.8, 4) is 17.2 Å². The Morgan fingerprint density at radius 1 is 1.46 bits per heavy atom. The van der Waals surface area contributed by atoms with Crippen molar-refractivity contribution in [3.05, 3.63) is 30.9 Å². The zero-order chi connectivity index (χ0) is 9.68. The first-order valence-corrected chi connectivity index (χ1v) is 3.88. The van der Waals surface area contributed by atoms with Crippen LogP contribution in [0.2, 0.25) is 0 Å². The fraction of sp³-hybridized carbons (Fsp3) is 0.200. The molecule has 0 aliphatic carbocycles. The van der Waals surface area contributed by atoms with E-state index in [9.17, 15) is 5.11 Å². The molecular formula is C10H12O3. The number of phenolic OH excluding ortho intramolecular Hbond substituents is 1.